The Morgan fingerprint density at radius 2 is 2.16 bits per heavy atom. The van der Waals surface area contributed by atoms with Crippen LogP contribution in [0.4, 0.5) is 4.39 Å². The van der Waals surface area contributed by atoms with Crippen molar-refractivity contribution < 1.29 is 9.50 Å². The van der Waals surface area contributed by atoms with Crippen LogP contribution in [0.3, 0.4) is 0 Å². The summed E-state index contributed by atoms with van der Waals surface area (Å²) in [5.41, 5.74) is -0.334. The van der Waals surface area contributed by atoms with Crippen LogP contribution in [0.15, 0.2) is 29.0 Å². The standard InChI is InChI=1S/C13H15BrFN3O/c1-3-6-18-12(10(14)8-17-18)13(2,19)11-5-4-9(15)7-16-11/h4-5,7-8,19H,3,6H2,1-2H3. The molecule has 0 saturated carbocycles. The van der Waals surface area contributed by atoms with Crippen molar-refractivity contribution >= 4 is 15.9 Å². The number of aliphatic hydroxyl groups is 1. The number of aromatic nitrogens is 3. The summed E-state index contributed by atoms with van der Waals surface area (Å²) in [4.78, 5) is 3.96. The predicted octanol–water partition coefficient (Wildman–Crippen LogP) is 2.85. The van der Waals surface area contributed by atoms with E-state index in [1.54, 1.807) is 17.8 Å². The molecule has 6 heteroatoms. The van der Waals surface area contributed by atoms with Crippen molar-refractivity contribution in [3.63, 3.8) is 0 Å². The van der Waals surface area contributed by atoms with Crippen LogP contribution in [0.2, 0.25) is 0 Å². The molecule has 2 heterocycles. The number of hydrogen-bond donors (Lipinski definition) is 1. The largest absolute Gasteiger partial charge is 0.377 e. The Morgan fingerprint density at radius 1 is 1.42 bits per heavy atom. The second-order valence-electron chi connectivity index (χ2n) is 4.50. The Morgan fingerprint density at radius 3 is 2.74 bits per heavy atom. The maximum absolute atomic E-state index is 12.9. The average Bonchev–Trinajstić information content (AvgIpc) is 2.72. The molecule has 102 valence electrons. The smallest absolute Gasteiger partial charge is 0.146 e. The van der Waals surface area contributed by atoms with E-state index in [-0.39, 0.29) is 0 Å². The van der Waals surface area contributed by atoms with E-state index in [9.17, 15) is 9.50 Å². The molecule has 0 amide bonds. The van der Waals surface area contributed by atoms with Gasteiger partial charge in [-0.25, -0.2) is 4.39 Å². The molecule has 1 atom stereocenters. The molecule has 2 aromatic heterocycles. The van der Waals surface area contributed by atoms with Crippen molar-refractivity contribution in [3.8, 4) is 0 Å². The molecule has 0 aromatic carbocycles. The summed E-state index contributed by atoms with van der Waals surface area (Å²) < 4.78 is 15.4. The van der Waals surface area contributed by atoms with Gasteiger partial charge in [0.15, 0.2) is 0 Å². The van der Waals surface area contributed by atoms with Crippen LogP contribution >= 0.6 is 15.9 Å². The molecule has 0 spiro atoms. The third-order valence-electron chi connectivity index (χ3n) is 2.92. The Kier molecular flexibility index (Phi) is 4.01. The van der Waals surface area contributed by atoms with Gasteiger partial charge in [-0.1, -0.05) is 6.92 Å². The number of aryl methyl sites for hydroxylation is 1. The maximum Gasteiger partial charge on any atom is 0.146 e. The fourth-order valence-electron chi connectivity index (χ4n) is 2.01. The van der Waals surface area contributed by atoms with Gasteiger partial charge in [0.2, 0.25) is 0 Å². The fourth-order valence-corrected chi connectivity index (χ4v) is 2.70. The zero-order chi connectivity index (χ0) is 14.0. The van der Waals surface area contributed by atoms with Crippen molar-refractivity contribution in [2.75, 3.05) is 0 Å². The molecule has 2 rings (SSSR count). The molecule has 19 heavy (non-hydrogen) atoms. The molecular weight excluding hydrogens is 313 g/mol. The first-order valence-electron chi connectivity index (χ1n) is 6.03. The van der Waals surface area contributed by atoms with Gasteiger partial charge in [-0.15, -0.1) is 0 Å². The van der Waals surface area contributed by atoms with Crippen LogP contribution in [0.1, 0.15) is 31.7 Å². The first kappa shape index (κ1) is 14.1. The van der Waals surface area contributed by atoms with Crippen LogP contribution in [-0.2, 0) is 12.1 Å². The number of halogens is 2. The molecule has 0 bridgehead atoms. The highest BCUT2D eigenvalue weighted by atomic mass is 79.9. The van der Waals surface area contributed by atoms with Crippen LogP contribution < -0.4 is 0 Å². The lowest BCUT2D eigenvalue weighted by atomic mass is 9.97. The van der Waals surface area contributed by atoms with E-state index in [4.69, 9.17) is 0 Å². The predicted molar refractivity (Wildman–Crippen MR) is 73.1 cm³/mol. The molecule has 0 aliphatic rings. The molecule has 0 aliphatic heterocycles. The number of pyridine rings is 1. The van der Waals surface area contributed by atoms with E-state index in [1.807, 2.05) is 6.92 Å². The minimum Gasteiger partial charge on any atom is -0.377 e. The van der Waals surface area contributed by atoms with Gasteiger partial charge in [0.25, 0.3) is 0 Å². The van der Waals surface area contributed by atoms with Crippen molar-refractivity contribution in [2.45, 2.75) is 32.4 Å². The van der Waals surface area contributed by atoms with Crippen LogP contribution in [-0.4, -0.2) is 19.9 Å². The molecule has 1 unspecified atom stereocenters. The zero-order valence-electron chi connectivity index (χ0n) is 10.8. The Labute approximate surface area is 119 Å². The van der Waals surface area contributed by atoms with E-state index in [1.165, 1.54) is 12.1 Å². The molecular formula is C13H15BrFN3O. The molecule has 0 saturated heterocycles. The first-order chi connectivity index (χ1) is 8.96. The minimum atomic E-state index is -1.34. The van der Waals surface area contributed by atoms with E-state index < -0.39 is 11.4 Å². The van der Waals surface area contributed by atoms with E-state index in [0.717, 1.165) is 12.6 Å². The van der Waals surface area contributed by atoms with Gasteiger partial charge >= 0.3 is 0 Å². The van der Waals surface area contributed by atoms with Crippen molar-refractivity contribution in [1.29, 1.82) is 0 Å². The van der Waals surface area contributed by atoms with E-state index >= 15 is 0 Å². The van der Waals surface area contributed by atoms with Gasteiger partial charge in [-0.2, -0.15) is 5.10 Å². The fraction of sp³-hybridized carbons (Fsp3) is 0.385. The summed E-state index contributed by atoms with van der Waals surface area (Å²) in [6.45, 7) is 4.35. The van der Waals surface area contributed by atoms with Crippen molar-refractivity contribution in [3.05, 3.63) is 46.2 Å². The van der Waals surface area contributed by atoms with Gasteiger partial charge in [0, 0.05) is 6.54 Å². The van der Waals surface area contributed by atoms with E-state index in [0.29, 0.717) is 22.4 Å². The zero-order valence-corrected chi connectivity index (χ0v) is 12.4. The average molecular weight is 328 g/mol. The lowest BCUT2D eigenvalue weighted by Crippen LogP contribution is -2.28. The third kappa shape index (κ3) is 2.69. The van der Waals surface area contributed by atoms with Crippen molar-refractivity contribution in [2.24, 2.45) is 0 Å². The molecule has 2 aromatic rings. The summed E-state index contributed by atoms with van der Waals surface area (Å²) in [5.74, 6) is -0.430. The maximum atomic E-state index is 12.9. The summed E-state index contributed by atoms with van der Waals surface area (Å²) in [6, 6.07) is 2.76. The summed E-state index contributed by atoms with van der Waals surface area (Å²) in [7, 11) is 0. The van der Waals surface area contributed by atoms with Crippen LogP contribution in [0, 0.1) is 5.82 Å². The highest BCUT2D eigenvalue weighted by molar-refractivity contribution is 9.10. The minimum absolute atomic E-state index is 0.382. The van der Waals surface area contributed by atoms with Crippen LogP contribution in [0.5, 0.6) is 0 Å². The molecule has 0 radical (unpaired) electrons. The molecule has 0 aliphatic carbocycles. The Balaban J connectivity index is 2.49. The lowest BCUT2D eigenvalue weighted by Gasteiger charge is -2.24. The van der Waals surface area contributed by atoms with E-state index in [2.05, 4.69) is 26.0 Å². The van der Waals surface area contributed by atoms with Crippen molar-refractivity contribution in [1.82, 2.24) is 14.8 Å². The van der Waals surface area contributed by atoms with Gasteiger partial charge in [-0.05, 0) is 41.4 Å². The summed E-state index contributed by atoms with van der Waals surface area (Å²) in [6.07, 6.45) is 3.63. The quantitative estimate of drug-likeness (QED) is 0.939. The number of nitrogens with zero attached hydrogens (tertiary/aromatic N) is 3. The van der Waals surface area contributed by atoms with Gasteiger partial charge in [-0.3, -0.25) is 9.67 Å². The number of rotatable bonds is 4. The van der Waals surface area contributed by atoms with Crippen LogP contribution in [0.25, 0.3) is 0 Å². The Hall–Kier alpha value is -1.27. The topological polar surface area (TPSA) is 50.9 Å². The first-order valence-corrected chi connectivity index (χ1v) is 6.82. The number of hydrogen-bond acceptors (Lipinski definition) is 3. The molecule has 4 nitrogen and oxygen atoms in total. The normalized spacial score (nSPS) is 14.4. The highest BCUT2D eigenvalue weighted by Gasteiger charge is 2.33. The third-order valence-corrected chi connectivity index (χ3v) is 3.50. The molecule has 1 N–H and O–H groups in total. The Bertz CT molecular complexity index is 566. The van der Waals surface area contributed by atoms with Gasteiger partial charge < -0.3 is 5.11 Å². The SMILES string of the molecule is CCCn1ncc(Br)c1C(C)(O)c1ccc(F)cn1. The highest BCUT2D eigenvalue weighted by Crippen LogP contribution is 2.33. The summed E-state index contributed by atoms with van der Waals surface area (Å²) >= 11 is 3.39. The summed E-state index contributed by atoms with van der Waals surface area (Å²) in [5, 5.41) is 15.0. The lowest BCUT2D eigenvalue weighted by molar-refractivity contribution is 0.0858. The van der Waals surface area contributed by atoms with Gasteiger partial charge in [0.05, 0.1) is 28.3 Å². The van der Waals surface area contributed by atoms with Gasteiger partial charge in [0.1, 0.15) is 11.4 Å². The second kappa shape index (κ2) is 5.38. The molecule has 0 fully saturated rings. The second-order valence-corrected chi connectivity index (χ2v) is 5.35. The monoisotopic (exact) mass is 327 g/mol.